The fraction of sp³-hybridized carbons (Fsp3) is 0.375. The maximum atomic E-state index is 10.9. The van der Waals surface area contributed by atoms with E-state index in [1.165, 1.54) is 25.4 Å². The number of rotatable bonds is 3. The highest BCUT2D eigenvalue weighted by atomic mass is 32.1. The van der Waals surface area contributed by atoms with E-state index >= 15 is 0 Å². The van der Waals surface area contributed by atoms with Crippen molar-refractivity contribution in [3.05, 3.63) is 16.1 Å². The average Bonchev–Trinajstić information content (AvgIpc) is 2.62. The van der Waals surface area contributed by atoms with Gasteiger partial charge < -0.3 is 10.1 Å². The predicted octanol–water partition coefficient (Wildman–Crippen LogP) is 1.20. The van der Waals surface area contributed by atoms with E-state index in [0.29, 0.717) is 10.7 Å². The van der Waals surface area contributed by atoms with Crippen molar-refractivity contribution in [3.63, 3.8) is 0 Å². The quantitative estimate of drug-likeness (QED) is 0.768. The molecule has 1 aromatic heterocycles. The summed E-state index contributed by atoms with van der Waals surface area (Å²) < 4.78 is 4.38. The number of nitrogens with one attached hydrogen (secondary N) is 1. The summed E-state index contributed by atoms with van der Waals surface area (Å²) >= 11 is 1.26. The number of amides is 1. The van der Waals surface area contributed by atoms with Gasteiger partial charge in [-0.25, -0.2) is 9.78 Å². The van der Waals surface area contributed by atoms with Crippen molar-refractivity contribution in [1.82, 2.24) is 10.3 Å². The Labute approximate surface area is 85.1 Å². The van der Waals surface area contributed by atoms with Crippen LogP contribution in [0.15, 0.2) is 5.38 Å². The summed E-state index contributed by atoms with van der Waals surface area (Å²) in [6.07, 6.45) is -0.512. The molecule has 76 valence electrons. The third-order valence-corrected chi connectivity index (χ3v) is 2.44. The van der Waals surface area contributed by atoms with Gasteiger partial charge in [0.05, 0.1) is 19.3 Å². The number of carbonyl (C=O) groups excluding carboxylic acids is 2. The average molecular weight is 214 g/mol. The monoisotopic (exact) mass is 214 g/mol. The lowest BCUT2D eigenvalue weighted by molar-refractivity contribution is 0.101. The summed E-state index contributed by atoms with van der Waals surface area (Å²) in [5.74, 6) is -0.0701. The van der Waals surface area contributed by atoms with Crippen LogP contribution in [-0.2, 0) is 11.3 Å². The molecule has 5 nitrogen and oxygen atoms in total. The maximum Gasteiger partial charge on any atom is 0.407 e. The minimum Gasteiger partial charge on any atom is -0.453 e. The molecule has 6 heteroatoms. The first kappa shape index (κ1) is 10.6. The molecule has 1 rings (SSSR count). The van der Waals surface area contributed by atoms with E-state index in [9.17, 15) is 9.59 Å². The van der Waals surface area contributed by atoms with Gasteiger partial charge in [-0.2, -0.15) is 0 Å². The highest BCUT2D eigenvalue weighted by Crippen LogP contribution is 2.09. The standard InChI is InChI=1S/C8H10N2O3S/c1-5(11)7-10-6(4-14-7)3-9-8(12)13-2/h4H,3H2,1-2H3,(H,9,12). The van der Waals surface area contributed by atoms with Gasteiger partial charge in [-0.3, -0.25) is 4.79 Å². The Balaban J connectivity index is 2.52. The molecule has 0 aliphatic rings. The highest BCUT2D eigenvalue weighted by Gasteiger charge is 2.06. The number of hydrogen-bond acceptors (Lipinski definition) is 5. The molecule has 0 bridgehead atoms. The van der Waals surface area contributed by atoms with Crippen LogP contribution in [0.3, 0.4) is 0 Å². The number of aromatic nitrogens is 1. The first-order valence-electron chi connectivity index (χ1n) is 3.90. The van der Waals surface area contributed by atoms with Gasteiger partial charge in [0.25, 0.3) is 0 Å². The zero-order valence-corrected chi connectivity index (χ0v) is 8.68. The van der Waals surface area contributed by atoms with Gasteiger partial charge >= 0.3 is 6.09 Å². The normalized spacial score (nSPS) is 9.57. The van der Waals surface area contributed by atoms with Gasteiger partial charge in [-0.1, -0.05) is 0 Å². The van der Waals surface area contributed by atoms with Crippen LogP contribution in [-0.4, -0.2) is 24.0 Å². The zero-order chi connectivity index (χ0) is 10.6. The Morgan fingerprint density at radius 1 is 1.64 bits per heavy atom. The van der Waals surface area contributed by atoms with Crippen molar-refractivity contribution >= 4 is 23.2 Å². The first-order valence-corrected chi connectivity index (χ1v) is 4.78. The summed E-state index contributed by atoms with van der Waals surface area (Å²) in [6, 6.07) is 0. The van der Waals surface area contributed by atoms with Gasteiger partial charge in [-0.05, 0) is 0 Å². The minimum absolute atomic E-state index is 0.0701. The molecule has 0 spiro atoms. The van der Waals surface area contributed by atoms with Gasteiger partial charge in [-0.15, -0.1) is 11.3 Å². The van der Waals surface area contributed by atoms with Crippen LogP contribution in [0.4, 0.5) is 4.79 Å². The Kier molecular flexibility index (Phi) is 3.58. The smallest absolute Gasteiger partial charge is 0.407 e. The SMILES string of the molecule is COC(=O)NCc1csc(C(C)=O)n1. The lowest BCUT2D eigenvalue weighted by Crippen LogP contribution is -2.22. The largest absolute Gasteiger partial charge is 0.453 e. The number of ketones is 1. The third kappa shape index (κ3) is 2.81. The van der Waals surface area contributed by atoms with E-state index in [1.807, 2.05) is 0 Å². The second-order valence-electron chi connectivity index (χ2n) is 2.55. The van der Waals surface area contributed by atoms with Crippen LogP contribution in [0.2, 0.25) is 0 Å². The fourth-order valence-electron chi connectivity index (χ4n) is 0.785. The predicted molar refractivity (Wildman–Crippen MR) is 51.4 cm³/mol. The van der Waals surface area contributed by atoms with Gasteiger partial charge in [0.1, 0.15) is 0 Å². The zero-order valence-electron chi connectivity index (χ0n) is 7.86. The van der Waals surface area contributed by atoms with Crippen LogP contribution in [0, 0.1) is 0 Å². The molecule has 1 heterocycles. The maximum absolute atomic E-state index is 10.9. The van der Waals surface area contributed by atoms with E-state index in [2.05, 4.69) is 15.0 Å². The third-order valence-electron chi connectivity index (χ3n) is 1.45. The molecule has 1 aromatic rings. The Bertz CT molecular complexity index is 348. The van der Waals surface area contributed by atoms with Crippen LogP contribution in [0.5, 0.6) is 0 Å². The Morgan fingerprint density at radius 2 is 2.36 bits per heavy atom. The first-order chi connectivity index (χ1) is 6.63. The summed E-state index contributed by atoms with van der Waals surface area (Å²) in [4.78, 5) is 25.6. The number of hydrogen-bond donors (Lipinski definition) is 1. The van der Waals surface area contributed by atoms with E-state index in [0.717, 1.165) is 0 Å². The molecule has 0 aliphatic heterocycles. The molecule has 0 saturated carbocycles. The van der Waals surface area contributed by atoms with Crippen molar-refractivity contribution in [1.29, 1.82) is 0 Å². The van der Waals surface area contributed by atoms with Crippen molar-refractivity contribution in [3.8, 4) is 0 Å². The molecule has 0 aliphatic carbocycles. The second kappa shape index (κ2) is 4.71. The van der Waals surface area contributed by atoms with Crippen LogP contribution >= 0.6 is 11.3 Å². The van der Waals surface area contributed by atoms with Gasteiger partial charge in [0, 0.05) is 12.3 Å². The Hall–Kier alpha value is -1.43. The van der Waals surface area contributed by atoms with E-state index in [1.54, 1.807) is 5.38 Å². The van der Waals surface area contributed by atoms with E-state index in [-0.39, 0.29) is 12.3 Å². The number of alkyl carbamates (subject to hydrolysis) is 1. The highest BCUT2D eigenvalue weighted by molar-refractivity contribution is 7.11. The Morgan fingerprint density at radius 3 is 2.86 bits per heavy atom. The number of thiazole rings is 1. The van der Waals surface area contributed by atoms with Crippen LogP contribution in [0.25, 0.3) is 0 Å². The lowest BCUT2D eigenvalue weighted by atomic mass is 10.4. The molecule has 0 aromatic carbocycles. The molecular weight excluding hydrogens is 204 g/mol. The van der Waals surface area contributed by atoms with Crippen molar-refractivity contribution in [2.75, 3.05) is 7.11 Å². The van der Waals surface area contributed by atoms with E-state index in [4.69, 9.17) is 0 Å². The molecule has 1 amide bonds. The molecule has 1 N–H and O–H groups in total. The van der Waals surface area contributed by atoms with Crippen LogP contribution in [0.1, 0.15) is 22.4 Å². The van der Waals surface area contributed by atoms with E-state index < -0.39 is 6.09 Å². The van der Waals surface area contributed by atoms with Gasteiger partial charge in [0.15, 0.2) is 10.8 Å². The molecular formula is C8H10N2O3S. The fourth-order valence-corrected chi connectivity index (χ4v) is 1.50. The molecule has 14 heavy (non-hydrogen) atoms. The van der Waals surface area contributed by atoms with Gasteiger partial charge in [0.2, 0.25) is 0 Å². The second-order valence-corrected chi connectivity index (χ2v) is 3.40. The summed E-state index contributed by atoms with van der Waals surface area (Å²) in [6.45, 7) is 1.73. The number of ether oxygens (including phenoxy) is 1. The number of Topliss-reactive ketones (excluding diaryl/α,β-unsaturated/α-hetero) is 1. The number of nitrogens with zero attached hydrogens (tertiary/aromatic N) is 1. The van der Waals surface area contributed by atoms with Crippen LogP contribution < -0.4 is 5.32 Å². The topological polar surface area (TPSA) is 68.3 Å². The molecule has 0 unspecified atom stereocenters. The summed E-state index contributed by atoms with van der Waals surface area (Å²) in [5.41, 5.74) is 0.658. The summed E-state index contributed by atoms with van der Waals surface area (Å²) in [5, 5.41) is 4.65. The molecule has 0 radical (unpaired) electrons. The molecule has 0 atom stereocenters. The van der Waals surface area contributed by atoms with Crippen molar-refractivity contribution in [2.24, 2.45) is 0 Å². The van der Waals surface area contributed by atoms with Crippen molar-refractivity contribution < 1.29 is 14.3 Å². The minimum atomic E-state index is -0.512. The molecule has 0 saturated heterocycles. The molecule has 0 fully saturated rings. The summed E-state index contributed by atoms with van der Waals surface area (Å²) in [7, 11) is 1.29. The number of carbonyl (C=O) groups is 2. The van der Waals surface area contributed by atoms with Crippen molar-refractivity contribution in [2.45, 2.75) is 13.5 Å². The number of methoxy groups -OCH3 is 1. The lowest BCUT2D eigenvalue weighted by Gasteiger charge is -1.99.